The second kappa shape index (κ2) is 39.0. The van der Waals surface area contributed by atoms with E-state index in [9.17, 15) is 0 Å². The third-order valence-electron chi connectivity index (χ3n) is 0. The van der Waals surface area contributed by atoms with E-state index in [1.807, 2.05) is 0 Å². The smallest absolute Gasteiger partial charge is 0.358 e. The van der Waals surface area contributed by atoms with E-state index in [4.69, 9.17) is 0 Å². The molecular formula is C2H10SiTi. The number of hydrogen-bond acceptors (Lipinski definition) is 0. The predicted molar refractivity (Wildman–Crippen MR) is 24.2 cm³/mol. The fraction of sp³-hybridized carbons (Fsp3) is 0. The average Bonchev–Trinajstić information content (AvgIpc) is 0. The fourth-order valence-corrected chi connectivity index (χ4v) is 0. The molecule has 0 aromatic rings. The Morgan fingerprint density at radius 1 is 0.750 bits per heavy atom. The molecule has 0 fully saturated rings. The zero-order valence-corrected chi connectivity index (χ0v) is 4.06. The van der Waals surface area contributed by atoms with E-state index in [0.29, 0.717) is 0 Å². The van der Waals surface area contributed by atoms with Gasteiger partial charge in [-0.1, -0.05) is 0 Å². The first-order valence-electron chi connectivity index (χ1n) is 0. The van der Waals surface area contributed by atoms with Crippen LogP contribution in [0.2, 0.25) is 0 Å². The largest absolute Gasteiger partial charge is 2.00 e. The minimum atomic E-state index is 0. The summed E-state index contributed by atoms with van der Waals surface area (Å²) < 4.78 is 0. The van der Waals surface area contributed by atoms with Gasteiger partial charge in [-0.25, -0.2) is 0 Å². The maximum atomic E-state index is 0. The summed E-state index contributed by atoms with van der Waals surface area (Å²) in [5.74, 6) is 0. The van der Waals surface area contributed by atoms with E-state index in [-0.39, 0.29) is 47.5 Å². The Labute approximate surface area is 47.9 Å². The summed E-state index contributed by atoms with van der Waals surface area (Å²) in [5, 5.41) is 0. The molecule has 0 N–H and O–H groups in total. The van der Waals surface area contributed by atoms with Gasteiger partial charge in [0, 0.05) is 0 Å². The second-order valence-corrected chi connectivity index (χ2v) is 0. The molecule has 26 valence electrons. The monoisotopic (exact) mass is 110 g/mol. The van der Waals surface area contributed by atoms with Crippen molar-refractivity contribution in [2.45, 2.75) is 0 Å². The van der Waals surface area contributed by atoms with Gasteiger partial charge in [0.05, 0.1) is 0 Å². The molecule has 0 aliphatic rings. The molecule has 0 nitrogen and oxygen atoms in total. The van der Waals surface area contributed by atoms with E-state index in [1.165, 1.54) is 0 Å². The van der Waals surface area contributed by atoms with Gasteiger partial charge in [-0.15, -0.1) is 0 Å². The van der Waals surface area contributed by atoms with Crippen molar-refractivity contribution in [3.05, 3.63) is 14.9 Å². The summed E-state index contributed by atoms with van der Waals surface area (Å²) in [5.41, 5.74) is 0. The van der Waals surface area contributed by atoms with Crippen LogP contribution in [0.1, 0.15) is 0 Å². The Morgan fingerprint density at radius 3 is 0.750 bits per heavy atom. The van der Waals surface area contributed by atoms with Crippen molar-refractivity contribution in [1.29, 1.82) is 0 Å². The normalized spacial score (nSPS) is 0. The van der Waals surface area contributed by atoms with Gasteiger partial charge in [0.1, 0.15) is 0 Å². The van der Waals surface area contributed by atoms with Crippen molar-refractivity contribution in [1.82, 2.24) is 0 Å². The molecule has 0 radical (unpaired) electrons. The van der Waals surface area contributed by atoms with E-state index in [2.05, 4.69) is 0 Å². The molecule has 0 saturated heterocycles. The minimum absolute atomic E-state index is 0. The topological polar surface area (TPSA) is 0 Å². The molecule has 0 heterocycles. The molecule has 4 heavy (non-hydrogen) atoms. The zero-order chi connectivity index (χ0) is 0. The summed E-state index contributed by atoms with van der Waals surface area (Å²) in [6.45, 7) is 0. The first-order chi connectivity index (χ1) is 0. The number of hydrogen-bond donors (Lipinski definition) is 0. The fourth-order valence-electron chi connectivity index (χ4n) is 0. The van der Waals surface area contributed by atoms with Crippen LogP contribution in [0.15, 0.2) is 0 Å². The van der Waals surface area contributed by atoms with E-state index in [0.717, 1.165) is 0 Å². The van der Waals surface area contributed by atoms with Crippen LogP contribution in [0.3, 0.4) is 0 Å². The van der Waals surface area contributed by atoms with Crippen LogP contribution >= 0.6 is 0 Å². The summed E-state index contributed by atoms with van der Waals surface area (Å²) in [4.78, 5) is 0. The Kier molecular flexibility index (Phi) is 856. The molecule has 0 aromatic carbocycles. The van der Waals surface area contributed by atoms with Gasteiger partial charge in [-0.3, -0.25) is 0 Å². The summed E-state index contributed by atoms with van der Waals surface area (Å²) in [6, 6.07) is 0. The van der Waals surface area contributed by atoms with Crippen molar-refractivity contribution < 1.29 is 21.7 Å². The Morgan fingerprint density at radius 2 is 0.750 bits per heavy atom. The van der Waals surface area contributed by atoms with Crippen LogP contribution in [-0.2, 0) is 21.7 Å². The Balaban J connectivity index is 0. The zero-order valence-electron chi connectivity index (χ0n) is 2.50. The molecule has 0 atom stereocenters. The molecule has 0 amide bonds. The summed E-state index contributed by atoms with van der Waals surface area (Å²) >= 11 is 0. The van der Waals surface area contributed by atoms with Crippen molar-refractivity contribution >= 4 is 11.0 Å². The van der Waals surface area contributed by atoms with Crippen LogP contribution in [0.25, 0.3) is 0 Å². The van der Waals surface area contributed by atoms with Crippen molar-refractivity contribution in [2.24, 2.45) is 0 Å². The van der Waals surface area contributed by atoms with Crippen LogP contribution in [0, 0.1) is 14.9 Å². The number of rotatable bonds is 0. The first kappa shape index (κ1) is 87.9. The third-order valence-corrected chi connectivity index (χ3v) is 0. The summed E-state index contributed by atoms with van der Waals surface area (Å²) in [7, 11) is 0. The van der Waals surface area contributed by atoms with Gasteiger partial charge >= 0.3 is 21.7 Å². The van der Waals surface area contributed by atoms with Gasteiger partial charge in [-0.05, 0) is 11.0 Å². The molecule has 0 aliphatic carbocycles. The van der Waals surface area contributed by atoms with Gasteiger partial charge in [-0.2, -0.15) is 0 Å². The van der Waals surface area contributed by atoms with E-state index in [1.54, 1.807) is 0 Å². The third kappa shape index (κ3) is 12.6. The minimum Gasteiger partial charge on any atom is -0.358 e. The molecule has 2 heteroatoms. The molecule has 0 saturated carbocycles. The van der Waals surface area contributed by atoms with Crippen molar-refractivity contribution in [3.63, 3.8) is 0 Å². The molecule has 0 aromatic heterocycles. The standard InChI is InChI=1S/2CH3.H4Si.Ti/h2*1H3;1H4;/q2*-1;;+2. The van der Waals surface area contributed by atoms with Crippen LogP contribution in [-0.4, -0.2) is 11.0 Å². The second-order valence-electron chi connectivity index (χ2n) is 0. The van der Waals surface area contributed by atoms with Crippen LogP contribution < -0.4 is 0 Å². The molecule has 0 aliphatic heterocycles. The first-order valence-corrected chi connectivity index (χ1v) is 0. The van der Waals surface area contributed by atoms with Crippen molar-refractivity contribution in [3.8, 4) is 0 Å². The van der Waals surface area contributed by atoms with Gasteiger partial charge < -0.3 is 14.9 Å². The Bertz CT molecular complexity index is 6.00. The van der Waals surface area contributed by atoms with Gasteiger partial charge in [0.25, 0.3) is 0 Å². The molecule has 0 bridgehead atoms. The molecule has 0 unspecified atom stereocenters. The predicted octanol–water partition coefficient (Wildman–Crippen LogP) is -0.554. The maximum absolute atomic E-state index is 0. The van der Waals surface area contributed by atoms with E-state index < -0.39 is 0 Å². The summed E-state index contributed by atoms with van der Waals surface area (Å²) in [6.07, 6.45) is 0. The van der Waals surface area contributed by atoms with Gasteiger partial charge in [0.15, 0.2) is 0 Å². The van der Waals surface area contributed by atoms with E-state index >= 15 is 0 Å². The SMILES string of the molecule is [CH3-].[CH3-].[SiH4].[Ti+2]. The quantitative estimate of drug-likeness (QED) is 0.290. The maximum Gasteiger partial charge on any atom is 2.00 e. The molecule has 0 rings (SSSR count). The van der Waals surface area contributed by atoms with Gasteiger partial charge in [0.2, 0.25) is 0 Å². The molecular weight excluding hydrogens is 100.0 g/mol. The van der Waals surface area contributed by atoms with Crippen LogP contribution in [0.4, 0.5) is 0 Å². The average molecular weight is 110 g/mol. The molecule has 0 spiro atoms. The van der Waals surface area contributed by atoms with Crippen LogP contribution in [0.5, 0.6) is 0 Å². The Hall–Kier alpha value is 0.931. The van der Waals surface area contributed by atoms with Crippen molar-refractivity contribution in [2.75, 3.05) is 0 Å².